The van der Waals surface area contributed by atoms with E-state index in [0.717, 1.165) is 23.8 Å². The van der Waals surface area contributed by atoms with Crippen molar-refractivity contribution in [1.29, 1.82) is 0 Å². The van der Waals surface area contributed by atoms with E-state index < -0.39 is 0 Å². The zero-order valence-electron chi connectivity index (χ0n) is 11.5. The molecule has 0 bridgehead atoms. The number of hydrogen-bond donors (Lipinski definition) is 1. The number of nitrogens with zero attached hydrogens (tertiary/aromatic N) is 2. The van der Waals surface area contributed by atoms with Crippen LogP contribution < -0.4 is 5.73 Å². The maximum absolute atomic E-state index is 6.05. The van der Waals surface area contributed by atoms with Crippen molar-refractivity contribution in [3.8, 4) is 0 Å². The van der Waals surface area contributed by atoms with Gasteiger partial charge in [0.15, 0.2) is 5.82 Å². The van der Waals surface area contributed by atoms with Crippen LogP contribution in [0, 0.1) is 0 Å². The molecule has 0 saturated carbocycles. The molecule has 0 aromatic carbocycles. The Morgan fingerprint density at radius 3 is 2.95 bits per heavy atom. The van der Waals surface area contributed by atoms with E-state index in [4.69, 9.17) is 10.3 Å². The highest BCUT2D eigenvalue weighted by Gasteiger charge is 2.30. The van der Waals surface area contributed by atoms with Crippen LogP contribution in [0.1, 0.15) is 43.3 Å². The smallest absolute Gasteiger partial charge is 0.243 e. The van der Waals surface area contributed by atoms with E-state index in [2.05, 4.69) is 30.2 Å². The molecule has 1 fully saturated rings. The summed E-state index contributed by atoms with van der Waals surface area (Å²) >= 11 is 5.71. The Balaban J connectivity index is 1.97. The van der Waals surface area contributed by atoms with Crippen molar-refractivity contribution in [2.75, 3.05) is 17.8 Å². The number of rotatable bonds is 5. The van der Waals surface area contributed by atoms with Gasteiger partial charge in [0.1, 0.15) is 0 Å². The van der Waals surface area contributed by atoms with E-state index in [-0.39, 0.29) is 6.04 Å². The molecule has 7 heteroatoms. The third-order valence-electron chi connectivity index (χ3n) is 3.25. The molecular formula is C12H21N3OS3. The molecule has 1 aliphatic heterocycles. The zero-order valence-corrected chi connectivity index (χ0v) is 14.0. The lowest BCUT2D eigenvalue weighted by atomic mass is 10.2. The molecule has 0 radical (unpaired) electrons. The lowest BCUT2D eigenvalue weighted by Gasteiger charge is -2.29. The number of nitrogens with two attached hydrogens (primary N) is 1. The zero-order chi connectivity index (χ0) is 13.8. The van der Waals surface area contributed by atoms with Crippen LogP contribution in [0.5, 0.6) is 0 Å². The predicted octanol–water partition coefficient (Wildman–Crippen LogP) is 3.12. The van der Waals surface area contributed by atoms with Crippen LogP contribution in [0.15, 0.2) is 4.52 Å². The van der Waals surface area contributed by atoms with Gasteiger partial charge < -0.3 is 10.3 Å². The average Bonchev–Trinajstić information content (AvgIpc) is 2.89. The van der Waals surface area contributed by atoms with Crippen LogP contribution in [0.4, 0.5) is 0 Å². The van der Waals surface area contributed by atoms with Crippen LogP contribution in [-0.4, -0.2) is 38.4 Å². The van der Waals surface area contributed by atoms with Gasteiger partial charge in [0.25, 0.3) is 0 Å². The first-order valence-corrected chi connectivity index (χ1v) is 9.85. The van der Waals surface area contributed by atoms with Gasteiger partial charge in [-0.1, -0.05) is 19.0 Å². The summed E-state index contributed by atoms with van der Waals surface area (Å²) in [6.45, 7) is 4.54. The first-order valence-electron chi connectivity index (χ1n) is 6.47. The Bertz CT molecular complexity index is 401. The van der Waals surface area contributed by atoms with Crippen molar-refractivity contribution < 1.29 is 4.52 Å². The Labute approximate surface area is 127 Å². The van der Waals surface area contributed by atoms with Crippen molar-refractivity contribution in [3.05, 3.63) is 11.7 Å². The van der Waals surface area contributed by atoms with Crippen molar-refractivity contribution in [1.82, 2.24) is 10.1 Å². The van der Waals surface area contributed by atoms with E-state index >= 15 is 0 Å². The molecule has 4 unspecified atom stereocenters. The van der Waals surface area contributed by atoms with Gasteiger partial charge in [-0.25, -0.2) is 0 Å². The molecule has 1 aliphatic rings. The number of hydrogen-bond acceptors (Lipinski definition) is 7. The Kier molecular flexibility index (Phi) is 5.92. The minimum absolute atomic E-state index is 0.133. The number of aromatic nitrogens is 2. The molecule has 2 heterocycles. The summed E-state index contributed by atoms with van der Waals surface area (Å²) in [5.41, 5.74) is 6.05. The normalized spacial score (nSPS) is 29.4. The molecule has 19 heavy (non-hydrogen) atoms. The lowest BCUT2D eigenvalue weighted by molar-refractivity contribution is 0.349. The first-order chi connectivity index (χ1) is 9.11. The first kappa shape index (κ1) is 15.5. The van der Waals surface area contributed by atoms with Crippen molar-refractivity contribution in [2.45, 2.75) is 42.1 Å². The average molecular weight is 320 g/mol. The maximum Gasteiger partial charge on any atom is 0.243 e. The quantitative estimate of drug-likeness (QED) is 0.894. The molecule has 1 saturated heterocycles. The van der Waals surface area contributed by atoms with Crippen LogP contribution in [0.25, 0.3) is 0 Å². The molecule has 4 atom stereocenters. The summed E-state index contributed by atoms with van der Waals surface area (Å²) < 4.78 is 5.32. The van der Waals surface area contributed by atoms with Gasteiger partial charge >= 0.3 is 0 Å². The Hall–Kier alpha value is 0.150. The van der Waals surface area contributed by atoms with Crippen LogP contribution >= 0.6 is 35.3 Å². The fourth-order valence-corrected chi connectivity index (χ4v) is 5.14. The summed E-state index contributed by atoms with van der Waals surface area (Å²) in [6.07, 6.45) is 2.95. The third-order valence-corrected chi connectivity index (χ3v) is 7.28. The molecule has 4 nitrogen and oxygen atoms in total. The molecule has 0 aliphatic carbocycles. The summed E-state index contributed by atoms with van der Waals surface area (Å²) in [5, 5.41) is 5.77. The highest BCUT2D eigenvalue weighted by Crippen LogP contribution is 2.43. The number of thioether (sulfide) groups is 3. The van der Waals surface area contributed by atoms with Gasteiger partial charge in [-0.05, 0) is 18.4 Å². The van der Waals surface area contributed by atoms with E-state index in [0.29, 0.717) is 21.6 Å². The van der Waals surface area contributed by atoms with E-state index in [1.165, 1.54) is 0 Å². The van der Waals surface area contributed by atoms with E-state index in [1.54, 1.807) is 11.8 Å². The Morgan fingerprint density at radius 1 is 1.47 bits per heavy atom. The fourth-order valence-electron chi connectivity index (χ4n) is 1.82. The highest BCUT2D eigenvalue weighted by atomic mass is 32.2. The van der Waals surface area contributed by atoms with Crippen LogP contribution in [0.3, 0.4) is 0 Å². The largest absolute Gasteiger partial charge is 0.338 e. The van der Waals surface area contributed by atoms with E-state index in [1.807, 2.05) is 23.5 Å². The van der Waals surface area contributed by atoms with Gasteiger partial charge in [-0.3, -0.25) is 0 Å². The van der Waals surface area contributed by atoms with Gasteiger partial charge in [0, 0.05) is 16.3 Å². The summed E-state index contributed by atoms with van der Waals surface area (Å²) in [4.78, 5) is 4.50. The monoisotopic (exact) mass is 319 g/mol. The molecule has 0 spiro atoms. The van der Waals surface area contributed by atoms with Crippen molar-refractivity contribution in [2.24, 2.45) is 5.73 Å². The predicted molar refractivity (Wildman–Crippen MR) is 85.9 cm³/mol. The fraction of sp³-hybridized carbons (Fsp3) is 0.833. The summed E-state index contributed by atoms with van der Waals surface area (Å²) in [7, 11) is 0. The lowest BCUT2D eigenvalue weighted by Crippen LogP contribution is -2.22. The molecule has 2 N–H and O–H groups in total. The van der Waals surface area contributed by atoms with Crippen molar-refractivity contribution >= 4 is 35.3 Å². The topological polar surface area (TPSA) is 64.9 Å². The van der Waals surface area contributed by atoms with Crippen LogP contribution in [0.2, 0.25) is 0 Å². The second-order valence-corrected chi connectivity index (χ2v) is 8.73. The SMILES string of the molecule is CSCCC(N)c1nc(C2CSC(C)C(C)S2)no1. The van der Waals surface area contributed by atoms with Gasteiger partial charge in [0.2, 0.25) is 5.89 Å². The molecular weight excluding hydrogens is 298 g/mol. The van der Waals surface area contributed by atoms with Crippen LogP contribution in [-0.2, 0) is 0 Å². The minimum atomic E-state index is -0.133. The Morgan fingerprint density at radius 2 is 2.26 bits per heavy atom. The van der Waals surface area contributed by atoms with Gasteiger partial charge in [-0.2, -0.15) is 28.5 Å². The minimum Gasteiger partial charge on any atom is -0.338 e. The molecule has 1 aromatic rings. The van der Waals surface area contributed by atoms with Gasteiger partial charge in [-0.15, -0.1) is 11.8 Å². The second-order valence-electron chi connectivity index (χ2n) is 4.75. The summed E-state index contributed by atoms with van der Waals surface area (Å²) in [6, 6.07) is -0.133. The molecule has 1 aromatic heterocycles. The molecule has 2 rings (SSSR count). The maximum atomic E-state index is 6.05. The molecule has 0 amide bonds. The third kappa shape index (κ3) is 4.06. The standard InChI is InChI=1S/C12H21N3OS3/c1-7-8(2)19-10(6-18-7)11-14-12(16-15-11)9(13)4-5-17-3/h7-10H,4-6,13H2,1-3H3. The van der Waals surface area contributed by atoms with Crippen molar-refractivity contribution in [3.63, 3.8) is 0 Å². The van der Waals surface area contributed by atoms with Gasteiger partial charge in [0.05, 0.1) is 11.3 Å². The highest BCUT2D eigenvalue weighted by molar-refractivity contribution is 8.07. The van der Waals surface area contributed by atoms with E-state index in [9.17, 15) is 0 Å². The second kappa shape index (κ2) is 7.24. The summed E-state index contributed by atoms with van der Waals surface area (Å²) in [5.74, 6) is 3.46. The molecule has 108 valence electrons.